The summed E-state index contributed by atoms with van der Waals surface area (Å²) in [7, 11) is 1.36. The van der Waals surface area contributed by atoms with Crippen molar-refractivity contribution in [2.75, 3.05) is 19.0 Å². The van der Waals surface area contributed by atoms with E-state index in [9.17, 15) is 4.79 Å². The minimum atomic E-state index is -0.363. The van der Waals surface area contributed by atoms with Crippen molar-refractivity contribution in [3.05, 3.63) is 28.3 Å². The molecule has 0 fully saturated rings. The molecule has 0 amide bonds. The minimum absolute atomic E-state index is 0.363. The summed E-state index contributed by atoms with van der Waals surface area (Å²) in [5.74, 6) is 0.160. The molecule has 3 nitrogen and oxygen atoms in total. The zero-order chi connectivity index (χ0) is 13.0. The van der Waals surface area contributed by atoms with Crippen molar-refractivity contribution in [1.82, 2.24) is 0 Å². The van der Waals surface area contributed by atoms with Gasteiger partial charge in [-0.25, -0.2) is 4.79 Å². The second kappa shape index (κ2) is 5.92. The number of benzene rings is 1. The van der Waals surface area contributed by atoms with E-state index in [2.05, 4.69) is 19.2 Å². The number of anilines is 1. The van der Waals surface area contributed by atoms with Crippen molar-refractivity contribution in [1.29, 1.82) is 0 Å². The highest BCUT2D eigenvalue weighted by molar-refractivity contribution is 6.31. The van der Waals surface area contributed by atoms with Gasteiger partial charge in [-0.2, -0.15) is 0 Å². The highest BCUT2D eigenvalue weighted by Gasteiger charge is 2.13. The number of hydrogen-bond acceptors (Lipinski definition) is 3. The molecule has 1 N–H and O–H groups in total. The molecule has 0 aliphatic heterocycles. The first-order valence-electron chi connectivity index (χ1n) is 5.58. The Morgan fingerprint density at radius 3 is 2.65 bits per heavy atom. The van der Waals surface area contributed by atoms with Crippen LogP contribution >= 0.6 is 11.6 Å². The third-order valence-corrected chi connectivity index (χ3v) is 2.70. The van der Waals surface area contributed by atoms with Gasteiger partial charge in [0.2, 0.25) is 0 Å². The Balaban J connectivity index is 3.05. The highest BCUT2D eigenvalue weighted by atomic mass is 35.5. The van der Waals surface area contributed by atoms with Crippen LogP contribution in [0.4, 0.5) is 5.69 Å². The number of rotatable bonds is 4. The summed E-state index contributed by atoms with van der Waals surface area (Å²) in [5.41, 5.74) is 2.25. The lowest BCUT2D eigenvalue weighted by molar-refractivity contribution is 0.0600. The van der Waals surface area contributed by atoms with Gasteiger partial charge in [-0.1, -0.05) is 25.4 Å². The summed E-state index contributed by atoms with van der Waals surface area (Å²) in [6.07, 6.45) is 0. The van der Waals surface area contributed by atoms with Crippen LogP contribution < -0.4 is 5.32 Å². The number of nitrogens with one attached hydrogen (secondary N) is 1. The van der Waals surface area contributed by atoms with E-state index in [4.69, 9.17) is 16.3 Å². The van der Waals surface area contributed by atoms with Crippen molar-refractivity contribution >= 4 is 23.3 Å². The third-order valence-electron chi connectivity index (χ3n) is 2.48. The smallest absolute Gasteiger partial charge is 0.338 e. The quantitative estimate of drug-likeness (QED) is 0.837. The predicted molar refractivity (Wildman–Crippen MR) is 70.9 cm³/mol. The molecule has 0 aromatic heterocycles. The van der Waals surface area contributed by atoms with Crippen molar-refractivity contribution in [2.45, 2.75) is 20.8 Å². The second-order valence-electron chi connectivity index (χ2n) is 4.39. The fraction of sp³-hybridized carbons (Fsp3) is 0.462. The Kier molecular flexibility index (Phi) is 4.82. The Morgan fingerprint density at radius 1 is 1.47 bits per heavy atom. The molecule has 0 atom stereocenters. The number of ether oxygens (including phenoxy) is 1. The van der Waals surface area contributed by atoms with Crippen LogP contribution in [0.5, 0.6) is 0 Å². The second-order valence-corrected chi connectivity index (χ2v) is 4.83. The van der Waals surface area contributed by atoms with Crippen molar-refractivity contribution in [3.63, 3.8) is 0 Å². The first-order valence-corrected chi connectivity index (χ1v) is 5.95. The zero-order valence-electron chi connectivity index (χ0n) is 10.6. The van der Waals surface area contributed by atoms with Crippen molar-refractivity contribution < 1.29 is 9.53 Å². The van der Waals surface area contributed by atoms with E-state index in [-0.39, 0.29) is 5.97 Å². The number of hydrogen-bond donors (Lipinski definition) is 1. The van der Waals surface area contributed by atoms with Crippen LogP contribution in [0.15, 0.2) is 12.1 Å². The average Bonchev–Trinajstić information content (AvgIpc) is 2.28. The molecule has 0 aliphatic rings. The van der Waals surface area contributed by atoms with E-state index in [0.717, 1.165) is 17.8 Å². The molecule has 0 saturated heterocycles. The van der Waals surface area contributed by atoms with Gasteiger partial charge < -0.3 is 10.1 Å². The van der Waals surface area contributed by atoms with Crippen LogP contribution in [0.25, 0.3) is 0 Å². The van der Waals surface area contributed by atoms with E-state index >= 15 is 0 Å². The fourth-order valence-electron chi connectivity index (χ4n) is 1.50. The Morgan fingerprint density at radius 2 is 2.12 bits per heavy atom. The minimum Gasteiger partial charge on any atom is -0.465 e. The summed E-state index contributed by atoms with van der Waals surface area (Å²) in [6, 6.07) is 3.45. The monoisotopic (exact) mass is 255 g/mol. The van der Waals surface area contributed by atoms with Crippen molar-refractivity contribution in [2.24, 2.45) is 5.92 Å². The van der Waals surface area contributed by atoms with Gasteiger partial charge in [-0.15, -0.1) is 0 Å². The van der Waals surface area contributed by atoms with Crippen LogP contribution in [-0.4, -0.2) is 19.6 Å². The molecule has 94 valence electrons. The summed E-state index contributed by atoms with van der Waals surface area (Å²) in [4.78, 5) is 11.6. The number of carbonyl (C=O) groups excluding carboxylic acids is 1. The molecular formula is C13H18ClNO2. The summed E-state index contributed by atoms with van der Waals surface area (Å²) >= 11 is 5.99. The van der Waals surface area contributed by atoms with Crippen molar-refractivity contribution in [3.8, 4) is 0 Å². The predicted octanol–water partition coefficient (Wildman–Crippen LogP) is 3.50. The molecule has 0 bridgehead atoms. The van der Waals surface area contributed by atoms with Crippen LogP contribution in [0.2, 0.25) is 5.02 Å². The van der Waals surface area contributed by atoms with E-state index in [1.54, 1.807) is 6.07 Å². The highest BCUT2D eigenvalue weighted by Crippen LogP contribution is 2.25. The number of esters is 1. The zero-order valence-corrected chi connectivity index (χ0v) is 11.4. The summed E-state index contributed by atoms with van der Waals surface area (Å²) < 4.78 is 4.73. The van der Waals surface area contributed by atoms with E-state index < -0.39 is 0 Å². The summed E-state index contributed by atoms with van der Waals surface area (Å²) in [5, 5.41) is 3.81. The lowest BCUT2D eigenvalue weighted by atomic mass is 10.1. The van der Waals surface area contributed by atoms with Gasteiger partial charge in [0.1, 0.15) is 0 Å². The standard InChI is InChI=1S/C13H18ClNO2/c1-8(2)7-15-12-6-10(14)5-11(9(12)3)13(16)17-4/h5-6,8,15H,7H2,1-4H3. The SMILES string of the molecule is COC(=O)c1cc(Cl)cc(NCC(C)C)c1C. The largest absolute Gasteiger partial charge is 0.465 e. The maximum absolute atomic E-state index is 11.6. The maximum Gasteiger partial charge on any atom is 0.338 e. The molecule has 1 aromatic rings. The molecule has 0 spiro atoms. The Hall–Kier alpha value is -1.22. The molecule has 0 radical (unpaired) electrons. The Labute approximate surface area is 107 Å². The van der Waals surface area contributed by atoms with Gasteiger partial charge in [0, 0.05) is 17.3 Å². The first-order chi connectivity index (χ1) is 7.95. The Bertz CT molecular complexity index is 416. The normalized spacial score (nSPS) is 10.5. The van der Waals surface area contributed by atoms with Crippen LogP contribution in [0, 0.1) is 12.8 Å². The van der Waals surface area contributed by atoms with E-state index in [1.165, 1.54) is 7.11 Å². The first kappa shape index (κ1) is 13.8. The maximum atomic E-state index is 11.6. The molecule has 0 saturated carbocycles. The molecule has 1 aromatic carbocycles. The molecule has 17 heavy (non-hydrogen) atoms. The van der Waals surface area contributed by atoms with Crippen LogP contribution in [0.3, 0.4) is 0 Å². The van der Waals surface area contributed by atoms with Crippen LogP contribution in [-0.2, 0) is 4.74 Å². The lowest BCUT2D eigenvalue weighted by Crippen LogP contribution is -2.11. The van der Waals surface area contributed by atoms with Gasteiger partial charge in [-0.05, 0) is 30.5 Å². The fourth-order valence-corrected chi connectivity index (χ4v) is 1.72. The average molecular weight is 256 g/mol. The molecule has 4 heteroatoms. The van der Waals surface area contributed by atoms with Gasteiger partial charge in [0.25, 0.3) is 0 Å². The molecule has 0 unspecified atom stereocenters. The molecule has 0 aliphatic carbocycles. The van der Waals surface area contributed by atoms with Gasteiger partial charge >= 0.3 is 5.97 Å². The topological polar surface area (TPSA) is 38.3 Å². The van der Waals surface area contributed by atoms with E-state index in [0.29, 0.717) is 16.5 Å². The molecule has 0 heterocycles. The van der Waals surface area contributed by atoms with Gasteiger partial charge in [0.05, 0.1) is 12.7 Å². The number of methoxy groups -OCH3 is 1. The summed E-state index contributed by atoms with van der Waals surface area (Å²) in [6.45, 7) is 6.95. The van der Waals surface area contributed by atoms with E-state index in [1.807, 2.05) is 13.0 Å². The van der Waals surface area contributed by atoms with Gasteiger partial charge in [0.15, 0.2) is 0 Å². The molecule has 1 rings (SSSR count). The number of halogens is 1. The lowest BCUT2D eigenvalue weighted by Gasteiger charge is -2.14. The molecular weight excluding hydrogens is 238 g/mol. The third kappa shape index (κ3) is 3.63. The van der Waals surface area contributed by atoms with Crippen LogP contribution in [0.1, 0.15) is 29.8 Å². The number of carbonyl (C=O) groups is 1. The van der Waals surface area contributed by atoms with Gasteiger partial charge in [-0.3, -0.25) is 0 Å².